The van der Waals surface area contributed by atoms with Gasteiger partial charge >= 0.3 is 0 Å². The van der Waals surface area contributed by atoms with Crippen molar-refractivity contribution in [3.8, 4) is 17.0 Å². The van der Waals surface area contributed by atoms with Crippen LogP contribution in [0.25, 0.3) is 22.0 Å². The van der Waals surface area contributed by atoms with Crippen LogP contribution in [0.3, 0.4) is 0 Å². The molecule has 0 atom stereocenters. The molecule has 0 saturated carbocycles. The smallest absolute Gasteiger partial charge is 0.289 e. The van der Waals surface area contributed by atoms with Crippen LogP contribution >= 0.6 is 11.6 Å². The van der Waals surface area contributed by atoms with Crippen LogP contribution < -0.4 is 10.2 Å². The number of rotatable bonds is 5. The number of nitrogens with one attached hydrogen (secondary N) is 2. The number of aromatic amines is 1. The van der Waals surface area contributed by atoms with Crippen LogP contribution in [0, 0.1) is 0 Å². The average molecular weight is 419 g/mol. The molecule has 0 unspecified atom stereocenters. The second kappa shape index (κ2) is 8.39. The maximum atomic E-state index is 12.6. The molecule has 0 saturated heterocycles. The van der Waals surface area contributed by atoms with Crippen LogP contribution in [0.2, 0.25) is 5.02 Å². The van der Waals surface area contributed by atoms with Crippen molar-refractivity contribution in [2.75, 3.05) is 7.11 Å². The van der Waals surface area contributed by atoms with Crippen molar-refractivity contribution in [2.24, 2.45) is 5.10 Å². The van der Waals surface area contributed by atoms with E-state index in [2.05, 4.69) is 20.7 Å². The standard InChI is InChI=1S/C23H19ClN4O2/c1-14(22-18-6-4-3-5-15(18)9-12-21(22)30-2)25-28-23(29)20-13-19(26-27-20)16-7-10-17(24)11-8-16/h3-13H,1-2H3,(H,26,27)(H,28,29). The molecule has 7 heteroatoms. The van der Waals surface area contributed by atoms with Crippen molar-refractivity contribution in [2.45, 2.75) is 6.92 Å². The number of methoxy groups -OCH3 is 1. The van der Waals surface area contributed by atoms with E-state index in [9.17, 15) is 4.79 Å². The highest BCUT2D eigenvalue weighted by molar-refractivity contribution is 6.30. The van der Waals surface area contributed by atoms with E-state index < -0.39 is 0 Å². The number of aromatic nitrogens is 2. The van der Waals surface area contributed by atoms with Gasteiger partial charge in [-0.1, -0.05) is 54.1 Å². The molecule has 2 N–H and O–H groups in total. The van der Waals surface area contributed by atoms with Gasteiger partial charge in [0.1, 0.15) is 11.4 Å². The predicted molar refractivity (Wildman–Crippen MR) is 119 cm³/mol. The van der Waals surface area contributed by atoms with Crippen molar-refractivity contribution in [3.63, 3.8) is 0 Å². The third-order valence-corrected chi connectivity index (χ3v) is 5.01. The van der Waals surface area contributed by atoms with Gasteiger partial charge < -0.3 is 4.74 Å². The number of fused-ring (bicyclic) bond motifs is 1. The molecule has 0 bridgehead atoms. The first-order valence-corrected chi connectivity index (χ1v) is 9.66. The van der Waals surface area contributed by atoms with Gasteiger partial charge in [-0.2, -0.15) is 10.2 Å². The summed E-state index contributed by atoms with van der Waals surface area (Å²) < 4.78 is 5.51. The van der Waals surface area contributed by atoms with Gasteiger partial charge in [-0.3, -0.25) is 9.89 Å². The van der Waals surface area contributed by atoms with E-state index in [0.717, 1.165) is 21.9 Å². The van der Waals surface area contributed by atoms with Crippen molar-refractivity contribution >= 4 is 34.0 Å². The largest absolute Gasteiger partial charge is 0.496 e. The van der Waals surface area contributed by atoms with Crippen molar-refractivity contribution in [1.29, 1.82) is 0 Å². The Morgan fingerprint density at radius 3 is 2.63 bits per heavy atom. The highest BCUT2D eigenvalue weighted by atomic mass is 35.5. The first-order chi connectivity index (χ1) is 14.6. The molecule has 4 aromatic rings. The van der Waals surface area contributed by atoms with Gasteiger partial charge in [0.05, 0.1) is 18.5 Å². The fraction of sp³-hybridized carbons (Fsp3) is 0.0870. The molecule has 1 heterocycles. The summed E-state index contributed by atoms with van der Waals surface area (Å²) in [4.78, 5) is 12.6. The monoisotopic (exact) mass is 418 g/mol. The number of carbonyl (C=O) groups excluding carboxylic acids is 1. The van der Waals surface area contributed by atoms with Crippen LogP contribution in [0.5, 0.6) is 5.75 Å². The third-order valence-electron chi connectivity index (χ3n) is 4.76. The van der Waals surface area contributed by atoms with Gasteiger partial charge in [0.25, 0.3) is 5.91 Å². The van der Waals surface area contributed by atoms with Crippen LogP contribution in [-0.4, -0.2) is 28.9 Å². The molecule has 1 amide bonds. The highest BCUT2D eigenvalue weighted by Crippen LogP contribution is 2.28. The van der Waals surface area contributed by atoms with Gasteiger partial charge in [0.15, 0.2) is 0 Å². The molecule has 30 heavy (non-hydrogen) atoms. The minimum atomic E-state index is -0.388. The van der Waals surface area contributed by atoms with E-state index in [-0.39, 0.29) is 5.91 Å². The van der Waals surface area contributed by atoms with Crippen molar-refractivity contribution in [3.05, 3.63) is 83.0 Å². The molecular formula is C23H19ClN4O2. The minimum Gasteiger partial charge on any atom is -0.496 e. The fourth-order valence-electron chi connectivity index (χ4n) is 3.25. The molecule has 150 valence electrons. The summed E-state index contributed by atoms with van der Waals surface area (Å²) in [7, 11) is 1.61. The number of hydrazone groups is 1. The van der Waals surface area contributed by atoms with Gasteiger partial charge in [0.2, 0.25) is 0 Å². The van der Waals surface area contributed by atoms with Crippen molar-refractivity contribution < 1.29 is 9.53 Å². The lowest BCUT2D eigenvalue weighted by atomic mass is 10.0. The number of H-pyrrole nitrogens is 1. The molecule has 3 aromatic carbocycles. The zero-order chi connectivity index (χ0) is 21.1. The highest BCUT2D eigenvalue weighted by Gasteiger charge is 2.14. The minimum absolute atomic E-state index is 0.307. The lowest BCUT2D eigenvalue weighted by molar-refractivity contribution is 0.0950. The number of halogens is 1. The van der Waals surface area contributed by atoms with E-state index in [4.69, 9.17) is 16.3 Å². The topological polar surface area (TPSA) is 79.4 Å². The SMILES string of the molecule is COc1ccc2ccccc2c1C(C)=NNC(=O)c1cc(-c2ccc(Cl)cc2)n[nH]1. The summed E-state index contributed by atoms with van der Waals surface area (Å²) in [6, 6.07) is 20.7. The van der Waals surface area contributed by atoms with E-state index in [0.29, 0.717) is 27.9 Å². The van der Waals surface area contributed by atoms with Crippen LogP contribution in [0.1, 0.15) is 23.0 Å². The van der Waals surface area contributed by atoms with Crippen LogP contribution in [-0.2, 0) is 0 Å². The summed E-state index contributed by atoms with van der Waals surface area (Å²) in [5.74, 6) is 0.303. The second-order valence-electron chi connectivity index (χ2n) is 6.68. The Labute approximate surface area is 178 Å². The zero-order valence-electron chi connectivity index (χ0n) is 16.4. The van der Waals surface area contributed by atoms with E-state index in [1.54, 1.807) is 25.3 Å². The van der Waals surface area contributed by atoms with E-state index in [1.807, 2.05) is 55.5 Å². The average Bonchev–Trinajstić information content (AvgIpc) is 3.27. The molecule has 6 nitrogen and oxygen atoms in total. The Morgan fingerprint density at radius 2 is 1.87 bits per heavy atom. The normalized spacial score (nSPS) is 11.5. The third kappa shape index (κ3) is 3.90. The van der Waals surface area contributed by atoms with Crippen molar-refractivity contribution in [1.82, 2.24) is 15.6 Å². The maximum absolute atomic E-state index is 12.6. The maximum Gasteiger partial charge on any atom is 0.289 e. The quantitative estimate of drug-likeness (QED) is 0.351. The van der Waals surface area contributed by atoms with Gasteiger partial charge in [0, 0.05) is 16.1 Å². The first-order valence-electron chi connectivity index (χ1n) is 9.29. The van der Waals surface area contributed by atoms with E-state index in [1.165, 1.54) is 0 Å². The predicted octanol–water partition coefficient (Wildman–Crippen LogP) is 5.05. The molecule has 4 rings (SSSR count). The molecule has 0 aliphatic rings. The number of benzene rings is 3. The number of ether oxygens (including phenoxy) is 1. The number of hydrogen-bond acceptors (Lipinski definition) is 4. The molecule has 1 aromatic heterocycles. The Hall–Kier alpha value is -3.64. The molecule has 0 spiro atoms. The van der Waals surface area contributed by atoms with Gasteiger partial charge in [-0.05, 0) is 42.0 Å². The van der Waals surface area contributed by atoms with Crippen LogP contribution in [0.4, 0.5) is 0 Å². The molecule has 0 aliphatic carbocycles. The van der Waals surface area contributed by atoms with Gasteiger partial charge in [-0.25, -0.2) is 5.43 Å². The number of hydrogen-bond donors (Lipinski definition) is 2. The lowest BCUT2D eigenvalue weighted by Crippen LogP contribution is -2.20. The Kier molecular flexibility index (Phi) is 5.50. The first kappa shape index (κ1) is 19.7. The summed E-state index contributed by atoms with van der Waals surface area (Å²) in [6.45, 7) is 1.83. The number of amides is 1. The molecular weight excluding hydrogens is 400 g/mol. The van der Waals surface area contributed by atoms with Crippen LogP contribution in [0.15, 0.2) is 71.8 Å². The Morgan fingerprint density at radius 1 is 1.10 bits per heavy atom. The van der Waals surface area contributed by atoms with Gasteiger partial charge in [-0.15, -0.1) is 0 Å². The molecule has 0 aliphatic heterocycles. The van der Waals surface area contributed by atoms with E-state index >= 15 is 0 Å². The molecule has 0 radical (unpaired) electrons. The Balaban J connectivity index is 1.58. The molecule has 0 fully saturated rings. The number of nitrogens with zero attached hydrogens (tertiary/aromatic N) is 2. The lowest BCUT2D eigenvalue weighted by Gasteiger charge is -2.12. The summed E-state index contributed by atoms with van der Waals surface area (Å²) in [5, 5.41) is 13.9. The fourth-order valence-corrected chi connectivity index (χ4v) is 3.38. The summed E-state index contributed by atoms with van der Waals surface area (Å²) >= 11 is 5.92. The zero-order valence-corrected chi connectivity index (χ0v) is 17.2. The Bertz CT molecular complexity index is 1250. The second-order valence-corrected chi connectivity index (χ2v) is 7.11. The summed E-state index contributed by atoms with van der Waals surface area (Å²) in [6.07, 6.45) is 0. The number of carbonyl (C=O) groups is 1. The summed E-state index contributed by atoms with van der Waals surface area (Å²) in [5.41, 5.74) is 5.87.